The van der Waals surface area contributed by atoms with Crippen molar-refractivity contribution in [1.29, 1.82) is 0 Å². The summed E-state index contributed by atoms with van der Waals surface area (Å²) in [4.78, 5) is 6.88. The predicted octanol–water partition coefficient (Wildman–Crippen LogP) is 5.26. The molecule has 0 spiro atoms. The fraction of sp³-hybridized carbons (Fsp3) is 0.333. The number of halogens is 1. The second kappa shape index (κ2) is 8.19. The molecule has 30 heavy (non-hydrogen) atoms. The number of thiocarbonyl (C=S) groups is 1. The number of benzene rings is 1. The molecule has 0 radical (unpaired) electrons. The highest BCUT2D eigenvalue weighted by molar-refractivity contribution is 7.80. The lowest BCUT2D eigenvalue weighted by atomic mass is 9.96. The lowest BCUT2D eigenvalue weighted by Gasteiger charge is -2.29. The zero-order chi connectivity index (χ0) is 21.4. The lowest BCUT2D eigenvalue weighted by Crippen LogP contribution is -2.33. The first kappa shape index (κ1) is 20.5. The third-order valence-corrected chi connectivity index (χ3v) is 5.97. The van der Waals surface area contributed by atoms with E-state index in [-0.39, 0.29) is 17.9 Å². The van der Waals surface area contributed by atoms with Crippen LogP contribution in [0.25, 0.3) is 5.69 Å². The Labute approximate surface area is 182 Å². The van der Waals surface area contributed by atoms with Gasteiger partial charge in [-0.1, -0.05) is 26.0 Å². The maximum absolute atomic E-state index is 13.9. The van der Waals surface area contributed by atoms with E-state index >= 15 is 0 Å². The Hall–Kier alpha value is -2.73. The van der Waals surface area contributed by atoms with Crippen LogP contribution in [0.5, 0.6) is 0 Å². The summed E-state index contributed by atoms with van der Waals surface area (Å²) in [6.45, 7) is 9.40. The predicted molar refractivity (Wildman–Crippen MR) is 122 cm³/mol. The highest BCUT2D eigenvalue weighted by atomic mass is 32.1. The normalized spacial score (nSPS) is 18.9. The Morgan fingerprint density at radius 2 is 1.93 bits per heavy atom. The summed E-state index contributed by atoms with van der Waals surface area (Å²) < 4.78 is 16.0. The molecule has 0 bridgehead atoms. The summed E-state index contributed by atoms with van der Waals surface area (Å²) in [6, 6.07) is 14.9. The highest BCUT2D eigenvalue weighted by Crippen LogP contribution is 2.41. The van der Waals surface area contributed by atoms with Crippen LogP contribution in [-0.4, -0.2) is 26.1 Å². The largest absolute Gasteiger partial charge is 0.352 e. The second-order valence-corrected chi connectivity index (χ2v) is 8.70. The minimum absolute atomic E-state index is 0.0170. The molecular formula is C24H27FN4S. The average Bonchev–Trinajstić information content (AvgIpc) is 3.18. The Morgan fingerprint density at radius 1 is 1.13 bits per heavy atom. The van der Waals surface area contributed by atoms with Crippen LogP contribution in [0.15, 0.2) is 54.7 Å². The molecule has 2 atom stereocenters. The number of pyridine rings is 1. The number of nitrogens with zero attached hydrogens (tertiary/aromatic N) is 3. The smallest absolute Gasteiger partial charge is 0.170 e. The van der Waals surface area contributed by atoms with E-state index in [0.717, 1.165) is 34.4 Å². The Kier molecular flexibility index (Phi) is 5.60. The first-order valence-electron chi connectivity index (χ1n) is 10.3. The van der Waals surface area contributed by atoms with E-state index in [9.17, 15) is 4.39 Å². The summed E-state index contributed by atoms with van der Waals surface area (Å²) in [5.74, 6) is 0.222. The van der Waals surface area contributed by atoms with E-state index in [4.69, 9.17) is 12.2 Å². The summed E-state index contributed by atoms with van der Waals surface area (Å²) in [7, 11) is 0. The summed E-state index contributed by atoms with van der Waals surface area (Å²) >= 11 is 5.74. The molecule has 3 heterocycles. The van der Waals surface area contributed by atoms with Crippen LogP contribution in [0.3, 0.4) is 0 Å². The van der Waals surface area contributed by atoms with Gasteiger partial charge in [0.1, 0.15) is 5.82 Å². The molecule has 1 aliphatic heterocycles. The summed E-state index contributed by atoms with van der Waals surface area (Å²) in [5, 5.41) is 4.25. The number of hydrogen-bond donors (Lipinski definition) is 1. The van der Waals surface area contributed by atoms with E-state index in [2.05, 4.69) is 53.5 Å². The third-order valence-electron chi connectivity index (χ3n) is 5.61. The fourth-order valence-corrected chi connectivity index (χ4v) is 4.75. The van der Waals surface area contributed by atoms with Gasteiger partial charge in [-0.2, -0.15) is 0 Å². The standard InChI is InChI=1S/C24H27FN4S/c1-15(2)14-28-23(22(27-24(28)30)21-10-5-6-11-26-21)20-12-16(3)29(17(20)4)19-9-7-8-18(25)13-19/h5-13,15,22-23H,14H2,1-4H3,(H,27,30)/t22-,23-/m1/s1. The van der Waals surface area contributed by atoms with E-state index in [1.54, 1.807) is 12.1 Å². The molecule has 1 aliphatic rings. The molecular weight excluding hydrogens is 395 g/mol. The Bertz CT molecular complexity index is 1060. The maximum Gasteiger partial charge on any atom is 0.170 e. The van der Waals surface area contributed by atoms with E-state index in [1.807, 2.05) is 30.5 Å². The highest BCUT2D eigenvalue weighted by Gasteiger charge is 2.41. The van der Waals surface area contributed by atoms with Crippen molar-refractivity contribution < 1.29 is 4.39 Å². The van der Waals surface area contributed by atoms with Crippen LogP contribution in [0.1, 0.15) is 48.6 Å². The van der Waals surface area contributed by atoms with Gasteiger partial charge < -0.3 is 14.8 Å². The zero-order valence-corrected chi connectivity index (χ0v) is 18.6. The van der Waals surface area contributed by atoms with Crippen LogP contribution >= 0.6 is 12.2 Å². The van der Waals surface area contributed by atoms with Crippen LogP contribution < -0.4 is 5.32 Å². The number of rotatable bonds is 5. The molecule has 1 fully saturated rings. The Morgan fingerprint density at radius 3 is 2.60 bits per heavy atom. The summed E-state index contributed by atoms with van der Waals surface area (Å²) in [5.41, 5.74) is 5.13. The van der Waals surface area contributed by atoms with Crippen LogP contribution in [0.4, 0.5) is 4.39 Å². The molecule has 4 rings (SSSR count). The van der Waals surface area contributed by atoms with Crippen LogP contribution in [0.2, 0.25) is 0 Å². The van der Waals surface area contributed by atoms with Crippen molar-refractivity contribution in [1.82, 2.24) is 19.8 Å². The minimum atomic E-state index is -0.238. The number of aromatic nitrogens is 2. The van der Waals surface area contributed by atoms with Crippen molar-refractivity contribution >= 4 is 17.3 Å². The van der Waals surface area contributed by atoms with E-state index in [0.29, 0.717) is 5.92 Å². The van der Waals surface area contributed by atoms with Gasteiger partial charge in [-0.05, 0) is 73.9 Å². The molecule has 4 nitrogen and oxygen atoms in total. The second-order valence-electron chi connectivity index (χ2n) is 8.31. The SMILES string of the molecule is Cc1cc([C@@H]2[C@@H](c3ccccn3)NC(=S)N2CC(C)C)c(C)n1-c1cccc(F)c1. The third kappa shape index (κ3) is 3.72. The molecule has 2 aromatic heterocycles. The number of aryl methyl sites for hydroxylation is 1. The fourth-order valence-electron chi connectivity index (χ4n) is 4.43. The molecule has 0 aliphatic carbocycles. The average molecular weight is 423 g/mol. The molecule has 1 N–H and O–H groups in total. The summed E-state index contributed by atoms with van der Waals surface area (Å²) in [6.07, 6.45) is 1.82. The van der Waals surface area contributed by atoms with E-state index in [1.165, 1.54) is 11.6 Å². The van der Waals surface area contributed by atoms with Crippen molar-refractivity contribution in [3.63, 3.8) is 0 Å². The quantitative estimate of drug-likeness (QED) is 0.569. The molecule has 6 heteroatoms. The van der Waals surface area contributed by atoms with Gasteiger partial charge in [0.05, 0.1) is 17.8 Å². The van der Waals surface area contributed by atoms with Gasteiger partial charge in [-0.3, -0.25) is 4.98 Å². The first-order valence-corrected chi connectivity index (χ1v) is 10.7. The van der Waals surface area contributed by atoms with Crippen molar-refractivity contribution in [2.75, 3.05) is 6.54 Å². The van der Waals surface area contributed by atoms with E-state index < -0.39 is 0 Å². The molecule has 1 saturated heterocycles. The van der Waals surface area contributed by atoms with Gasteiger partial charge >= 0.3 is 0 Å². The van der Waals surface area contributed by atoms with Gasteiger partial charge in [-0.25, -0.2) is 4.39 Å². The first-order chi connectivity index (χ1) is 14.4. The van der Waals surface area contributed by atoms with Gasteiger partial charge in [0, 0.05) is 29.8 Å². The van der Waals surface area contributed by atoms with Gasteiger partial charge in [0.2, 0.25) is 0 Å². The van der Waals surface area contributed by atoms with Gasteiger partial charge in [-0.15, -0.1) is 0 Å². The molecule has 0 unspecified atom stereocenters. The van der Waals surface area contributed by atoms with Crippen molar-refractivity contribution in [3.05, 3.63) is 83.2 Å². The van der Waals surface area contributed by atoms with Crippen LogP contribution in [0, 0.1) is 25.6 Å². The zero-order valence-electron chi connectivity index (χ0n) is 17.8. The Balaban J connectivity index is 1.84. The lowest BCUT2D eigenvalue weighted by molar-refractivity contribution is 0.287. The number of nitrogens with one attached hydrogen (secondary N) is 1. The molecule has 1 aromatic carbocycles. The monoisotopic (exact) mass is 422 g/mol. The molecule has 3 aromatic rings. The molecule has 0 amide bonds. The van der Waals surface area contributed by atoms with Gasteiger partial charge in [0.15, 0.2) is 5.11 Å². The van der Waals surface area contributed by atoms with Crippen LogP contribution in [-0.2, 0) is 0 Å². The topological polar surface area (TPSA) is 33.1 Å². The van der Waals surface area contributed by atoms with Crippen molar-refractivity contribution in [2.24, 2.45) is 5.92 Å². The van der Waals surface area contributed by atoms with Gasteiger partial charge in [0.25, 0.3) is 0 Å². The minimum Gasteiger partial charge on any atom is -0.352 e. The molecule has 0 saturated carbocycles. The molecule has 156 valence electrons. The van der Waals surface area contributed by atoms with Crippen molar-refractivity contribution in [3.8, 4) is 5.69 Å². The maximum atomic E-state index is 13.9. The number of hydrogen-bond acceptors (Lipinski definition) is 2. The van der Waals surface area contributed by atoms with Crippen molar-refractivity contribution in [2.45, 2.75) is 39.8 Å².